The van der Waals surface area contributed by atoms with E-state index in [4.69, 9.17) is 9.47 Å². The van der Waals surface area contributed by atoms with Gasteiger partial charge in [0.25, 0.3) is 5.91 Å². The predicted molar refractivity (Wildman–Crippen MR) is 136 cm³/mol. The molecule has 0 bridgehead atoms. The molecule has 3 heterocycles. The SMILES string of the molecule is COc1ccc2c(c1)OCCNC(=O)CN(C(=O)CN1CCN(c3ncccn3)CC1)CCCNC2=O. The summed E-state index contributed by atoms with van der Waals surface area (Å²) >= 11 is 0. The summed E-state index contributed by atoms with van der Waals surface area (Å²) in [6, 6.07) is 6.77. The number of ether oxygens (including phenoxy) is 2. The third kappa shape index (κ3) is 7.29. The summed E-state index contributed by atoms with van der Waals surface area (Å²) in [6.45, 7) is 4.13. The first-order valence-corrected chi connectivity index (χ1v) is 12.4. The summed E-state index contributed by atoms with van der Waals surface area (Å²) in [5.74, 6) is 1.01. The molecule has 198 valence electrons. The van der Waals surface area contributed by atoms with Gasteiger partial charge < -0.3 is 29.9 Å². The molecule has 3 amide bonds. The molecule has 1 fully saturated rings. The number of rotatable bonds is 4. The Balaban J connectivity index is 1.33. The van der Waals surface area contributed by atoms with Gasteiger partial charge >= 0.3 is 0 Å². The normalized spacial score (nSPS) is 18.1. The Labute approximate surface area is 215 Å². The van der Waals surface area contributed by atoms with Crippen molar-refractivity contribution in [2.75, 3.05) is 77.5 Å². The maximum Gasteiger partial charge on any atom is 0.255 e. The standard InChI is InChI=1S/C25H33N7O5/c1-36-19-4-5-20-21(16-19)37-15-9-26-22(33)17-32(10-3-8-27-24(20)35)23(34)18-30-11-13-31(14-12-30)25-28-6-2-7-29-25/h2,4-7,16H,3,8-15,17-18H2,1H3,(H,26,33)(H,27,35). The number of hydrogen-bond acceptors (Lipinski definition) is 9. The fraction of sp³-hybridized carbons (Fsp3) is 0.480. The van der Waals surface area contributed by atoms with Crippen LogP contribution >= 0.6 is 0 Å². The number of amides is 3. The van der Waals surface area contributed by atoms with Gasteiger partial charge in [-0.25, -0.2) is 9.97 Å². The first kappa shape index (κ1) is 26.1. The summed E-state index contributed by atoms with van der Waals surface area (Å²) in [6.07, 6.45) is 3.94. The zero-order chi connectivity index (χ0) is 26.0. The second-order valence-corrected chi connectivity index (χ2v) is 8.80. The molecule has 0 unspecified atom stereocenters. The van der Waals surface area contributed by atoms with Gasteiger partial charge in [0.1, 0.15) is 18.1 Å². The largest absolute Gasteiger partial charge is 0.497 e. The zero-order valence-electron chi connectivity index (χ0n) is 21.0. The number of methoxy groups -OCH3 is 1. The molecule has 2 N–H and O–H groups in total. The number of piperazine rings is 1. The number of nitrogens with one attached hydrogen (secondary N) is 2. The van der Waals surface area contributed by atoms with E-state index in [0.29, 0.717) is 55.6 Å². The van der Waals surface area contributed by atoms with E-state index in [0.717, 1.165) is 13.1 Å². The van der Waals surface area contributed by atoms with Crippen molar-refractivity contribution in [1.82, 2.24) is 30.4 Å². The average molecular weight is 512 g/mol. The molecule has 37 heavy (non-hydrogen) atoms. The van der Waals surface area contributed by atoms with E-state index in [1.807, 2.05) is 0 Å². The fourth-order valence-corrected chi connectivity index (χ4v) is 4.23. The minimum absolute atomic E-state index is 0.0466. The van der Waals surface area contributed by atoms with Gasteiger partial charge in [-0.2, -0.15) is 0 Å². The summed E-state index contributed by atoms with van der Waals surface area (Å²) in [4.78, 5) is 52.7. The number of fused-ring (bicyclic) bond motifs is 1. The Kier molecular flexibility index (Phi) is 9.08. The summed E-state index contributed by atoms with van der Waals surface area (Å²) in [5.41, 5.74) is 0.386. The minimum atomic E-state index is -0.267. The molecule has 0 aliphatic carbocycles. The molecule has 2 aliphatic rings. The first-order valence-electron chi connectivity index (χ1n) is 12.4. The van der Waals surface area contributed by atoms with Crippen molar-refractivity contribution in [3.63, 3.8) is 0 Å². The van der Waals surface area contributed by atoms with Crippen LogP contribution in [0.5, 0.6) is 11.5 Å². The maximum absolute atomic E-state index is 13.1. The first-order chi connectivity index (χ1) is 18.0. The van der Waals surface area contributed by atoms with Gasteiger partial charge in [0.05, 0.1) is 32.3 Å². The number of carbonyl (C=O) groups is 3. The van der Waals surface area contributed by atoms with Crippen LogP contribution in [0.2, 0.25) is 0 Å². The smallest absolute Gasteiger partial charge is 0.255 e. The number of aromatic nitrogens is 2. The van der Waals surface area contributed by atoms with Crippen LogP contribution in [0.1, 0.15) is 16.8 Å². The number of hydrogen-bond donors (Lipinski definition) is 2. The van der Waals surface area contributed by atoms with E-state index in [9.17, 15) is 14.4 Å². The second kappa shape index (κ2) is 12.9. The summed E-state index contributed by atoms with van der Waals surface area (Å²) < 4.78 is 11.0. The highest BCUT2D eigenvalue weighted by molar-refractivity contribution is 5.97. The van der Waals surface area contributed by atoms with Crippen LogP contribution < -0.4 is 25.0 Å². The lowest BCUT2D eigenvalue weighted by atomic mass is 10.1. The molecule has 0 spiro atoms. The molecule has 0 saturated carbocycles. The Morgan fingerprint density at radius 1 is 1.05 bits per heavy atom. The van der Waals surface area contributed by atoms with Crippen LogP contribution in [-0.4, -0.2) is 110 Å². The van der Waals surface area contributed by atoms with E-state index in [-0.39, 0.29) is 44.0 Å². The predicted octanol–water partition coefficient (Wildman–Crippen LogP) is -0.235. The Hall–Kier alpha value is -3.93. The van der Waals surface area contributed by atoms with Gasteiger partial charge in [0.2, 0.25) is 17.8 Å². The van der Waals surface area contributed by atoms with Crippen LogP contribution in [0, 0.1) is 0 Å². The quantitative estimate of drug-likeness (QED) is 0.572. The van der Waals surface area contributed by atoms with Crippen LogP contribution in [0.15, 0.2) is 36.7 Å². The molecule has 4 rings (SSSR count). The molecular formula is C25H33N7O5. The highest BCUT2D eigenvalue weighted by Gasteiger charge is 2.24. The minimum Gasteiger partial charge on any atom is -0.497 e. The van der Waals surface area contributed by atoms with Crippen LogP contribution in [0.3, 0.4) is 0 Å². The molecule has 0 atom stereocenters. The second-order valence-electron chi connectivity index (χ2n) is 8.80. The monoisotopic (exact) mass is 511 g/mol. The highest BCUT2D eigenvalue weighted by atomic mass is 16.5. The van der Waals surface area contributed by atoms with Crippen molar-refractivity contribution in [3.05, 3.63) is 42.2 Å². The van der Waals surface area contributed by atoms with Gasteiger partial charge in [0.15, 0.2) is 0 Å². The Morgan fingerprint density at radius 3 is 2.59 bits per heavy atom. The molecule has 2 aromatic rings. The van der Waals surface area contributed by atoms with E-state index in [2.05, 4.69) is 30.4 Å². The lowest BCUT2D eigenvalue weighted by Crippen LogP contribution is -2.52. The van der Waals surface area contributed by atoms with E-state index < -0.39 is 0 Å². The van der Waals surface area contributed by atoms with E-state index in [1.54, 1.807) is 41.6 Å². The topological polar surface area (TPSA) is 129 Å². The van der Waals surface area contributed by atoms with Crippen molar-refractivity contribution < 1.29 is 23.9 Å². The molecular weight excluding hydrogens is 478 g/mol. The van der Waals surface area contributed by atoms with Crippen molar-refractivity contribution in [3.8, 4) is 11.5 Å². The van der Waals surface area contributed by atoms with Gasteiger partial charge in [-0.3, -0.25) is 19.3 Å². The third-order valence-electron chi connectivity index (χ3n) is 6.26. The molecule has 12 heteroatoms. The van der Waals surface area contributed by atoms with Gasteiger partial charge in [-0.05, 0) is 24.6 Å². The molecule has 1 aromatic heterocycles. The van der Waals surface area contributed by atoms with Crippen molar-refractivity contribution in [1.29, 1.82) is 0 Å². The number of benzene rings is 1. The highest BCUT2D eigenvalue weighted by Crippen LogP contribution is 2.25. The lowest BCUT2D eigenvalue weighted by Gasteiger charge is -2.35. The number of carbonyl (C=O) groups excluding carboxylic acids is 3. The summed E-state index contributed by atoms with van der Waals surface area (Å²) in [5, 5.41) is 5.67. The van der Waals surface area contributed by atoms with E-state index >= 15 is 0 Å². The Bertz CT molecular complexity index is 1080. The number of nitrogens with zero attached hydrogens (tertiary/aromatic N) is 5. The molecule has 0 radical (unpaired) electrons. The van der Waals surface area contributed by atoms with Gasteiger partial charge in [-0.15, -0.1) is 0 Å². The van der Waals surface area contributed by atoms with Gasteiger partial charge in [0, 0.05) is 57.7 Å². The molecule has 1 aromatic carbocycles. The molecule has 12 nitrogen and oxygen atoms in total. The van der Waals surface area contributed by atoms with E-state index in [1.165, 1.54) is 7.11 Å². The van der Waals surface area contributed by atoms with Crippen molar-refractivity contribution in [2.45, 2.75) is 6.42 Å². The maximum atomic E-state index is 13.1. The van der Waals surface area contributed by atoms with Gasteiger partial charge in [-0.1, -0.05) is 0 Å². The third-order valence-corrected chi connectivity index (χ3v) is 6.26. The zero-order valence-corrected chi connectivity index (χ0v) is 21.0. The Morgan fingerprint density at radius 2 is 1.84 bits per heavy atom. The van der Waals surface area contributed by atoms with Crippen molar-refractivity contribution in [2.24, 2.45) is 0 Å². The van der Waals surface area contributed by atoms with Crippen LogP contribution in [-0.2, 0) is 9.59 Å². The van der Waals surface area contributed by atoms with Crippen LogP contribution in [0.4, 0.5) is 5.95 Å². The van der Waals surface area contributed by atoms with Crippen LogP contribution in [0.25, 0.3) is 0 Å². The fourth-order valence-electron chi connectivity index (χ4n) is 4.23. The molecule has 2 aliphatic heterocycles. The molecule has 1 saturated heterocycles. The van der Waals surface area contributed by atoms with Crippen molar-refractivity contribution >= 4 is 23.7 Å². The lowest BCUT2D eigenvalue weighted by molar-refractivity contribution is -0.137. The number of anilines is 1. The summed E-state index contributed by atoms with van der Waals surface area (Å²) in [7, 11) is 1.54. The average Bonchev–Trinajstić information content (AvgIpc) is 2.93.